The van der Waals surface area contributed by atoms with E-state index in [9.17, 15) is 0 Å². The summed E-state index contributed by atoms with van der Waals surface area (Å²) in [5, 5.41) is 3.88. The summed E-state index contributed by atoms with van der Waals surface area (Å²) in [5.41, 5.74) is 2.81. The molecular weight excluding hydrogens is 312 g/mol. The minimum absolute atomic E-state index is 0.153. The van der Waals surface area contributed by atoms with Crippen molar-refractivity contribution in [3.05, 3.63) is 53.6 Å². The van der Waals surface area contributed by atoms with Gasteiger partial charge in [-0.15, -0.1) is 0 Å². The van der Waals surface area contributed by atoms with E-state index in [0.29, 0.717) is 5.17 Å². The summed E-state index contributed by atoms with van der Waals surface area (Å²) in [6.07, 6.45) is -0.0735. The van der Waals surface area contributed by atoms with Crippen LogP contribution in [0, 0.1) is 0 Å². The normalized spacial score (nSPS) is 16.4. The molecular formula is C18H19ClN2O2. The van der Waals surface area contributed by atoms with Crippen LogP contribution in [0.3, 0.4) is 0 Å². The number of nitrogens with one attached hydrogen (secondary N) is 1. The third kappa shape index (κ3) is 3.42. The quantitative estimate of drug-likeness (QED) is 0.891. The Labute approximate surface area is 141 Å². The number of hydrogen-bond acceptors (Lipinski definition) is 4. The number of fused-ring (bicyclic) bond motifs is 1. The first-order chi connectivity index (χ1) is 11.1. The van der Waals surface area contributed by atoms with E-state index in [1.54, 1.807) is 7.11 Å². The number of rotatable bonds is 4. The Kier molecular flexibility index (Phi) is 4.44. The Morgan fingerprint density at radius 1 is 1.09 bits per heavy atom. The first kappa shape index (κ1) is 15.7. The van der Waals surface area contributed by atoms with Gasteiger partial charge in [0.2, 0.25) is 0 Å². The van der Waals surface area contributed by atoms with Gasteiger partial charge in [-0.2, -0.15) is 0 Å². The van der Waals surface area contributed by atoms with E-state index in [-0.39, 0.29) is 12.3 Å². The molecule has 1 heterocycles. The highest BCUT2D eigenvalue weighted by atomic mass is 35.5. The lowest BCUT2D eigenvalue weighted by molar-refractivity contribution is 0.242. The van der Waals surface area contributed by atoms with Gasteiger partial charge in [0.1, 0.15) is 22.8 Å². The van der Waals surface area contributed by atoms with Crippen molar-refractivity contribution < 1.29 is 9.47 Å². The molecule has 0 fully saturated rings. The van der Waals surface area contributed by atoms with Gasteiger partial charge in [0.15, 0.2) is 0 Å². The highest BCUT2D eigenvalue weighted by Crippen LogP contribution is 2.33. The van der Waals surface area contributed by atoms with Gasteiger partial charge in [0, 0.05) is 11.6 Å². The first-order valence-electron chi connectivity index (χ1n) is 7.51. The maximum atomic E-state index is 6.33. The van der Waals surface area contributed by atoms with Crippen LogP contribution < -0.4 is 14.8 Å². The zero-order valence-corrected chi connectivity index (χ0v) is 14.1. The fourth-order valence-corrected chi connectivity index (χ4v) is 2.73. The number of halogens is 1. The molecule has 0 bridgehead atoms. The van der Waals surface area contributed by atoms with Gasteiger partial charge in [-0.05, 0) is 43.7 Å². The van der Waals surface area contributed by atoms with Crippen LogP contribution >= 0.6 is 11.6 Å². The van der Waals surface area contributed by atoms with Crippen LogP contribution in [-0.4, -0.2) is 18.4 Å². The molecule has 1 aliphatic heterocycles. The SMILES string of the molecule is COc1ccc2c(c1)NC(c1ccc(OC(C)C)cc1)N=C2Cl. The summed E-state index contributed by atoms with van der Waals surface area (Å²) >= 11 is 6.33. The van der Waals surface area contributed by atoms with Crippen molar-refractivity contribution in [1.82, 2.24) is 0 Å². The van der Waals surface area contributed by atoms with Gasteiger partial charge in [0.25, 0.3) is 0 Å². The second-order valence-corrected chi connectivity index (χ2v) is 5.97. The van der Waals surface area contributed by atoms with Crippen molar-refractivity contribution in [2.45, 2.75) is 26.1 Å². The fourth-order valence-electron chi connectivity index (χ4n) is 2.47. The third-order valence-electron chi connectivity index (χ3n) is 3.55. The van der Waals surface area contributed by atoms with Gasteiger partial charge in [-0.25, -0.2) is 4.99 Å². The highest BCUT2D eigenvalue weighted by Gasteiger charge is 2.21. The van der Waals surface area contributed by atoms with E-state index in [1.807, 2.05) is 56.3 Å². The van der Waals surface area contributed by atoms with Crippen LogP contribution in [0.4, 0.5) is 5.69 Å². The number of ether oxygens (including phenoxy) is 2. The number of benzene rings is 2. The van der Waals surface area contributed by atoms with E-state index >= 15 is 0 Å². The van der Waals surface area contributed by atoms with E-state index in [1.165, 1.54) is 0 Å². The van der Waals surface area contributed by atoms with Gasteiger partial charge in [-0.1, -0.05) is 23.7 Å². The number of hydrogen-bond donors (Lipinski definition) is 1. The Morgan fingerprint density at radius 2 is 1.78 bits per heavy atom. The summed E-state index contributed by atoms with van der Waals surface area (Å²) in [7, 11) is 1.64. The zero-order chi connectivity index (χ0) is 16.4. The predicted molar refractivity (Wildman–Crippen MR) is 94.0 cm³/mol. The summed E-state index contributed by atoms with van der Waals surface area (Å²) in [6.45, 7) is 4.01. The van der Waals surface area contributed by atoms with Crippen molar-refractivity contribution in [1.29, 1.82) is 0 Å². The lowest BCUT2D eigenvalue weighted by Gasteiger charge is -2.24. The van der Waals surface area contributed by atoms with Crippen LogP contribution in [0.2, 0.25) is 0 Å². The molecule has 1 N–H and O–H groups in total. The van der Waals surface area contributed by atoms with Crippen molar-refractivity contribution in [2.24, 2.45) is 4.99 Å². The largest absolute Gasteiger partial charge is 0.497 e. The van der Waals surface area contributed by atoms with Crippen molar-refractivity contribution in [3.8, 4) is 11.5 Å². The topological polar surface area (TPSA) is 42.8 Å². The van der Waals surface area contributed by atoms with E-state index in [0.717, 1.165) is 28.3 Å². The number of anilines is 1. The summed E-state index contributed by atoms with van der Waals surface area (Å²) < 4.78 is 10.9. The number of aliphatic imine (C=N–C) groups is 1. The summed E-state index contributed by atoms with van der Waals surface area (Å²) in [6, 6.07) is 13.6. The molecule has 1 aliphatic rings. The Morgan fingerprint density at radius 3 is 2.43 bits per heavy atom. The summed E-state index contributed by atoms with van der Waals surface area (Å²) in [5.74, 6) is 1.62. The minimum atomic E-state index is -0.227. The molecule has 0 aromatic heterocycles. The molecule has 120 valence electrons. The molecule has 1 atom stereocenters. The van der Waals surface area contributed by atoms with Crippen LogP contribution in [0.5, 0.6) is 11.5 Å². The second kappa shape index (κ2) is 6.50. The van der Waals surface area contributed by atoms with Crippen molar-refractivity contribution in [3.63, 3.8) is 0 Å². The second-order valence-electron chi connectivity index (χ2n) is 5.61. The Bertz CT molecular complexity index is 726. The van der Waals surface area contributed by atoms with E-state index < -0.39 is 0 Å². The minimum Gasteiger partial charge on any atom is -0.497 e. The smallest absolute Gasteiger partial charge is 0.146 e. The first-order valence-corrected chi connectivity index (χ1v) is 7.89. The van der Waals surface area contributed by atoms with Crippen LogP contribution in [0.25, 0.3) is 0 Å². The molecule has 3 rings (SSSR count). The molecule has 5 heteroatoms. The summed E-state index contributed by atoms with van der Waals surface area (Å²) in [4.78, 5) is 4.53. The maximum absolute atomic E-state index is 6.33. The van der Waals surface area contributed by atoms with Crippen molar-refractivity contribution in [2.75, 3.05) is 12.4 Å². The molecule has 2 aromatic rings. The molecule has 1 unspecified atom stereocenters. The monoisotopic (exact) mass is 330 g/mol. The molecule has 4 nitrogen and oxygen atoms in total. The standard InChI is InChI=1S/C18H19ClN2O2/c1-11(2)23-13-6-4-12(5-7-13)18-20-16-10-14(22-3)8-9-15(16)17(19)21-18/h4-11,18,20H,1-3H3. The Balaban J connectivity index is 1.86. The lowest BCUT2D eigenvalue weighted by atomic mass is 10.1. The van der Waals surface area contributed by atoms with Crippen LogP contribution in [0.1, 0.15) is 31.1 Å². The van der Waals surface area contributed by atoms with E-state index in [2.05, 4.69) is 10.3 Å². The molecule has 0 saturated heterocycles. The zero-order valence-electron chi connectivity index (χ0n) is 13.3. The highest BCUT2D eigenvalue weighted by molar-refractivity contribution is 6.70. The van der Waals surface area contributed by atoms with Gasteiger partial charge in [-0.3, -0.25) is 0 Å². The Hall–Kier alpha value is -2.20. The lowest BCUT2D eigenvalue weighted by Crippen LogP contribution is -2.17. The number of nitrogens with zero attached hydrogens (tertiary/aromatic N) is 1. The molecule has 0 saturated carbocycles. The van der Waals surface area contributed by atoms with Crippen LogP contribution in [0.15, 0.2) is 47.5 Å². The average molecular weight is 331 g/mol. The molecule has 0 radical (unpaired) electrons. The molecule has 0 aliphatic carbocycles. The fraction of sp³-hybridized carbons (Fsp3) is 0.278. The maximum Gasteiger partial charge on any atom is 0.146 e. The molecule has 23 heavy (non-hydrogen) atoms. The molecule has 0 amide bonds. The molecule has 0 spiro atoms. The van der Waals surface area contributed by atoms with Crippen molar-refractivity contribution >= 4 is 22.5 Å². The van der Waals surface area contributed by atoms with Gasteiger partial charge < -0.3 is 14.8 Å². The van der Waals surface area contributed by atoms with Crippen LogP contribution in [-0.2, 0) is 0 Å². The van der Waals surface area contributed by atoms with Gasteiger partial charge >= 0.3 is 0 Å². The average Bonchev–Trinajstić information content (AvgIpc) is 2.54. The molecule has 2 aromatic carbocycles. The predicted octanol–water partition coefficient (Wildman–Crippen LogP) is 4.59. The number of methoxy groups -OCH3 is 1. The van der Waals surface area contributed by atoms with Gasteiger partial charge in [0.05, 0.1) is 18.9 Å². The van der Waals surface area contributed by atoms with E-state index in [4.69, 9.17) is 21.1 Å². The third-order valence-corrected chi connectivity index (χ3v) is 3.85.